The standard InChI is InChI=1S/C15H17NOS/c1-12-7-9-14(10-8-12)18(17)11-15(16)13-5-3-2-4-6-13/h2-10,15H,11,16H2,1H3/t15-,18-/m0/s1. The third-order valence-corrected chi connectivity index (χ3v) is 4.30. The summed E-state index contributed by atoms with van der Waals surface area (Å²) in [6.45, 7) is 2.02. The maximum atomic E-state index is 12.2. The number of rotatable bonds is 4. The van der Waals surface area contributed by atoms with Gasteiger partial charge in [-0.15, -0.1) is 0 Å². The van der Waals surface area contributed by atoms with E-state index >= 15 is 0 Å². The third kappa shape index (κ3) is 3.28. The van der Waals surface area contributed by atoms with E-state index in [1.807, 2.05) is 61.5 Å². The summed E-state index contributed by atoms with van der Waals surface area (Å²) in [5.74, 6) is 0.451. The van der Waals surface area contributed by atoms with Crippen LogP contribution in [0.4, 0.5) is 0 Å². The van der Waals surface area contributed by atoms with Crippen LogP contribution in [-0.2, 0) is 10.8 Å². The smallest absolute Gasteiger partial charge is 0.0548 e. The van der Waals surface area contributed by atoms with Gasteiger partial charge in [0.15, 0.2) is 0 Å². The van der Waals surface area contributed by atoms with Crippen molar-refractivity contribution < 1.29 is 4.21 Å². The fraction of sp³-hybridized carbons (Fsp3) is 0.200. The topological polar surface area (TPSA) is 43.1 Å². The molecule has 0 bridgehead atoms. The first-order chi connectivity index (χ1) is 8.66. The van der Waals surface area contributed by atoms with Gasteiger partial charge in [-0.2, -0.15) is 0 Å². The Kier molecular flexibility index (Phi) is 4.28. The monoisotopic (exact) mass is 259 g/mol. The zero-order chi connectivity index (χ0) is 13.0. The Hall–Kier alpha value is -1.45. The van der Waals surface area contributed by atoms with Crippen molar-refractivity contribution in [3.8, 4) is 0 Å². The number of benzene rings is 2. The molecular weight excluding hydrogens is 242 g/mol. The Labute approximate surface area is 110 Å². The molecule has 0 amide bonds. The van der Waals surface area contributed by atoms with E-state index in [9.17, 15) is 4.21 Å². The van der Waals surface area contributed by atoms with Crippen molar-refractivity contribution >= 4 is 10.8 Å². The summed E-state index contributed by atoms with van der Waals surface area (Å²) in [7, 11) is -1.05. The Balaban J connectivity index is 2.06. The highest BCUT2D eigenvalue weighted by molar-refractivity contribution is 7.85. The van der Waals surface area contributed by atoms with Gasteiger partial charge in [0.2, 0.25) is 0 Å². The summed E-state index contributed by atoms with van der Waals surface area (Å²) in [5.41, 5.74) is 8.27. The van der Waals surface area contributed by atoms with E-state index in [2.05, 4.69) is 0 Å². The van der Waals surface area contributed by atoms with Gasteiger partial charge >= 0.3 is 0 Å². The minimum absolute atomic E-state index is 0.187. The molecule has 2 nitrogen and oxygen atoms in total. The summed E-state index contributed by atoms with van der Waals surface area (Å²) in [6.07, 6.45) is 0. The van der Waals surface area contributed by atoms with Crippen LogP contribution in [0.3, 0.4) is 0 Å². The molecule has 0 aliphatic rings. The van der Waals surface area contributed by atoms with E-state index < -0.39 is 10.8 Å². The molecule has 3 heteroatoms. The van der Waals surface area contributed by atoms with Crippen molar-refractivity contribution in [3.63, 3.8) is 0 Å². The van der Waals surface area contributed by atoms with E-state index in [1.54, 1.807) is 0 Å². The number of hydrogen-bond donors (Lipinski definition) is 1. The molecule has 0 aliphatic heterocycles. The first kappa shape index (κ1) is 13.0. The molecule has 0 aromatic heterocycles. The predicted molar refractivity (Wildman–Crippen MR) is 75.8 cm³/mol. The SMILES string of the molecule is Cc1ccc([S@@](=O)C[C@H](N)c2ccccc2)cc1. The second kappa shape index (κ2) is 5.94. The molecule has 0 saturated carbocycles. The number of hydrogen-bond acceptors (Lipinski definition) is 2. The largest absolute Gasteiger partial charge is 0.323 e. The average molecular weight is 259 g/mol. The van der Waals surface area contributed by atoms with Gasteiger partial charge in [-0.25, -0.2) is 0 Å². The van der Waals surface area contributed by atoms with Gasteiger partial charge in [-0.05, 0) is 24.6 Å². The molecule has 0 fully saturated rings. The van der Waals surface area contributed by atoms with Crippen molar-refractivity contribution in [1.29, 1.82) is 0 Å². The van der Waals surface area contributed by atoms with Gasteiger partial charge in [0.1, 0.15) is 0 Å². The molecule has 94 valence electrons. The molecule has 18 heavy (non-hydrogen) atoms. The number of aryl methyl sites for hydroxylation is 1. The van der Waals surface area contributed by atoms with Gasteiger partial charge in [0, 0.05) is 16.7 Å². The van der Waals surface area contributed by atoms with Gasteiger partial charge in [-0.3, -0.25) is 4.21 Å². The average Bonchev–Trinajstić information content (AvgIpc) is 2.40. The van der Waals surface area contributed by atoms with Crippen molar-refractivity contribution in [2.45, 2.75) is 17.9 Å². The molecule has 2 rings (SSSR count). The lowest BCUT2D eigenvalue weighted by Crippen LogP contribution is -2.18. The molecule has 0 spiro atoms. The van der Waals surface area contributed by atoms with Crippen molar-refractivity contribution in [2.75, 3.05) is 5.75 Å². The highest BCUT2D eigenvalue weighted by Crippen LogP contribution is 2.15. The minimum atomic E-state index is -1.05. The van der Waals surface area contributed by atoms with E-state index in [1.165, 1.54) is 5.56 Å². The van der Waals surface area contributed by atoms with Crippen LogP contribution in [0.25, 0.3) is 0 Å². The maximum absolute atomic E-state index is 12.2. The zero-order valence-electron chi connectivity index (χ0n) is 10.4. The third-order valence-electron chi connectivity index (χ3n) is 2.84. The zero-order valence-corrected chi connectivity index (χ0v) is 11.2. The molecule has 0 aliphatic carbocycles. The number of nitrogens with two attached hydrogens (primary N) is 1. The lowest BCUT2D eigenvalue weighted by molar-refractivity contribution is 0.675. The first-order valence-corrected chi connectivity index (χ1v) is 7.24. The molecule has 2 atom stereocenters. The summed E-state index contributed by atoms with van der Waals surface area (Å²) < 4.78 is 12.2. The van der Waals surface area contributed by atoms with Crippen LogP contribution in [0.1, 0.15) is 17.2 Å². The van der Waals surface area contributed by atoms with Crippen LogP contribution < -0.4 is 5.73 Å². The molecule has 2 aromatic rings. The van der Waals surface area contributed by atoms with Crippen LogP contribution in [0, 0.1) is 6.92 Å². The predicted octanol–water partition coefficient (Wildman–Crippen LogP) is 2.80. The van der Waals surface area contributed by atoms with Crippen molar-refractivity contribution in [3.05, 3.63) is 65.7 Å². The molecule has 2 N–H and O–H groups in total. The fourth-order valence-corrected chi connectivity index (χ4v) is 2.90. The second-order valence-electron chi connectivity index (χ2n) is 4.34. The summed E-state index contributed by atoms with van der Waals surface area (Å²) >= 11 is 0. The lowest BCUT2D eigenvalue weighted by Gasteiger charge is -2.11. The first-order valence-electron chi connectivity index (χ1n) is 5.92. The fourth-order valence-electron chi connectivity index (χ4n) is 1.75. The van der Waals surface area contributed by atoms with Crippen LogP contribution in [0.15, 0.2) is 59.5 Å². The Bertz CT molecular complexity index is 522. The second-order valence-corrected chi connectivity index (χ2v) is 5.84. The van der Waals surface area contributed by atoms with E-state index in [0.29, 0.717) is 5.75 Å². The van der Waals surface area contributed by atoms with E-state index in [4.69, 9.17) is 5.73 Å². The highest BCUT2D eigenvalue weighted by Gasteiger charge is 2.11. The quantitative estimate of drug-likeness (QED) is 0.917. The Morgan fingerprint density at radius 3 is 2.28 bits per heavy atom. The summed E-state index contributed by atoms with van der Waals surface area (Å²) in [6, 6.07) is 17.4. The summed E-state index contributed by atoms with van der Waals surface area (Å²) in [5, 5.41) is 0. The lowest BCUT2D eigenvalue weighted by atomic mass is 10.1. The Morgan fingerprint density at radius 2 is 1.67 bits per heavy atom. The van der Waals surface area contributed by atoms with Crippen LogP contribution >= 0.6 is 0 Å². The van der Waals surface area contributed by atoms with E-state index in [0.717, 1.165) is 10.5 Å². The van der Waals surface area contributed by atoms with Crippen molar-refractivity contribution in [1.82, 2.24) is 0 Å². The highest BCUT2D eigenvalue weighted by atomic mass is 32.2. The van der Waals surface area contributed by atoms with Gasteiger partial charge < -0.3 is 5.73 Å². The van der Waals surface area contributed by atoms with Crippen LogP contribution in [-0.4, -0.2) is 9.96 Å². The minimum Gasteiger partial charge on any atom is -0.323 e. The van der Waals surface area contributed by atoms with Gasteiger partial charge in [0.05, 0.1) is 10.8 Å². The van der Waals surface area contributed by atoms with Crippen LogP contribution in [0.2, 0.25) is 0 Å². The van der Waals surface area contributed by atoms with Gasteiger partial charge in [0.25, 0.3) is 0 Å². The molecule has 0 heterocycles. The molecule has 0 unspecified atom stereocenters. The molecule has 2 aromatic carbocycles. The van der Waals surface area contributed by atoms with E-state index in [-0.39, 0.29) is 6.04 Å². The molecular formula is C15H17NOS. The van der Waals surface area contributed by atoms with Crippen LogP contribution in [0.5, 0.6) is 0 Å². The molecule has 0 radical (unpaired) electrons. The maximum Gasteiger partial charge on any atom is 0.0548 e. The normalized spacial score (nSPS) is 14.1. The Morgan fingerprint density at radius 1 is 1.06 bits per heavy atom. The summed E-state index contributed by atoms with van der Waals surface area (Å²) in [4.78, 5) is 0.840. The van der Waals surface area contributed by atoms with Crippen molar-refractivity contribution in [2.24, 2.45) is 5.73 Å². The van der Waals surface area contributed by atoms with Gasteiger partial charge in [-0.1, -0.05) is 48.0 Å². The molecule has 0 saturated heterocycles.